The molecular formula is C33H36F3N7O3. The third kappa shape index (κ3) is 6.19. The molecule has 2 aromatic heterocycles. The number of nitrogens with zero attached hydrogens (tertiary/aromatic N) is 6. The number of alkyl halides is 1. The summed E-state index contributed by atoms with van der Waals surface area (Å²) in [7, 11) is 1.81. The van der Waals surface area contributed by atoms with Gasteiger partial charge in [-0.15, -0.1) is 6.42 Å². The monoisotopic (exact) mass is 635 g/mol. The van der Waals surface area contributed by atoms with Crippen LogP contribution in [0.2, 0.25) is 0 Å². The van der Waals surface area contributed by atoms with Crippen LogP contribution in [0, 0.1) is 24.0 Å². The van der Waals surface area contributed by atoms with Crippen molar-refractivity contribution in [3.05, 3.63) is 53.7 Å². The van der Waals surface area contributed by atoms with E-state index in [9.17, 15) is 18.7 Å². The van der Waals surface area contributed by atoms with E-state index >= 15 is 4.39 Å². The highest BCUT2D eigenvalue weighted by Crippen LogP contribution is 2.40. The molecule has 1 aromatic carbocycles. The molecule has 0 spiro atoms. The summed E-state index contributed by atoms with van der Waals surface area (Å²) in [4.78, 5) is 30.9. The number of carbonyl (C=O) groups excluding carboxylic acids is 1. The highest BCUT2D eigenvalue weighted by atomic mass is 19.1. The number of terminal acetylenes is 1. The predicted octanol–water partition coefficient (Wildman–Crippen LogP) is 3.42. The lowest BCUT2D eigenvalue weighted by molar-refractivity contribution is -0.117. The van der Waals surface area contributed by atoms with Gasteiger partial charge >= 0.3 is 6.01 Å². The molecule has 4 atom stereocenters. The Balaban J connectivity index is 1.45. The number of hydrogen-bond acceptors (Lipinski definition) is 9. The van der Waals surface area contributed by atoms with Crippen LogP contribution >= 0.6 is 0 Å². The maximum Gasteiger partial charge on any atom is 0.319 e. The Morgan fingerprint density at radius 2 is 2.07 bits per heavy atom. The molecule has 1 amide bonds. The number of aliphatic hydroxyl groups is 1. The van der Waals surface area contributed by atoms with E-state index in [1.807, 2.05) is 16.8 Å². The number of hydrogen-bond donors (Lipinski definition) is 2. The first-order chi connectivity index (χ1) is 22.2. The van der Waals surface area contributed by atoms with Crippen molar-refractivity contribution >= 4 is 34.1 Å². The molecule has 1 unspecified atom stereocenters. The second kappa shape index (κ2) is 13.1. The fourth-order valence-corrected chi connectivity index (χ4v) is 6.63. The number of pyridine rings is 1. The van der Waals surface area contributed by atoms with Gasteiger partial charge in [-0.2, -0.15) is 9.97 Å². The number of likely N-dealkylation sites (N-methyl/N-ethyl adjacent to an activating group) is 1. The Morgan fingerprint density at radius 3 is 2.80 bits per heavy atom. The number of aromatic nitrogens is 3. The van der Waals surface area contributed by atoms with Gasteiger partial charge in [0.15, 0.2) is 11.6 Å². The van der Waals surface area contributed by atoms with Gasteiger partial charge in [-0.05, 0) is 50.4 Å². The number of anilines is 3. The van der Waals surface area contributed by atoms with E-state index in [0.29, 0.717) is 36.3 Å². The van der Waals surface area contributed by atoms with Crippen LogP contribution in [0.1, 0.15) is 36.8 Å². The molecule has 0 bridgehead atoms. The molecule has 10 nitrogen and oxygen atoms in total. The Bertz CT molecular complexity index is 1700. The Labute approximate surface area is 265 Å². The average Bonchev–Trinajstić information content (AvgIpc) is 3.20. The number of ether oxygens (including phenoxy) is 1. The largest absolute Gasteiger partial charge is 0.462 e. The molecule has 46 heavy (non-hydrogen) atoms. The van der Waals surface area contributed by atoms with Crippen molar-refractivity contribution in [2.24, 2.45) is 0 Å². The molecule has 0 saturated carbocycles. The van der Waals surface area contributed by atoms with E-state index in [-0.39, 0.29) is 72.7 Å². The van der Waals surface area contributed by atoms with Gasteiger partial charge in [0.25, 0.3) is 0 Å². The van der Waals surface area contributed by atoms with Crippen LogP contribution in [0.15, 0.2) is 31.0 Å². The van der Waals surface area contributed by atoms with Crippen molar-refractivity contribution < 1.29 is 27.8 Å². The number of carbonyl (C=O) groups is 1. The predicted molar refractivity (Wildman–Crippen MR) is 168 cm³/mol. The van der Waals surface area contributed by atoms with Gasteiger partial charge in [-0.1, -0.05) is 18.6 Å². The average molecular weight is 636 g/mol. The fraction of sp³-hybridized carbons (Fsp3) is 0.455. The topological polar surface area (TPSA) is 107 Å². The minimum Gasteiger partial charge on any atom is -0.462 e. The van der Waals surface area contributed by atoms with Crippen LogP contribution in [0.3, 0.4) is 0 Å². The summed E-state index contributed by atoms with van der Waals surface area (Å²) in [6, 6.07) is 2.23. The van der Waals surface area contributed by atoms with Crippen molar-refractivity contribution in [3.63, 3.8) is 0 Å². The van der Waals surface area contributed by atoms with E-state index in [0.717, 1.165) is 19.3 Å². The zero-order chi connectivity index (χ0) is 32.5. The minimum atomic E-state index is -0.974. The molecular weight excluding hydrogens is 599 g/mol. The second-order valence-electron chi connectivity index (χ2n) is 12.1. The maximum atomic E-state index is 16.7. The lowest BCUT2D eigenvalue weighted by Gasteiger charge is -2.34. The standard InChI is InChI=1S/C33H36F3N7O3/c1-4-24-26(35)10-9-19-12-23(44)17-43(30(19)24)32-28(36)29-25(14-37-32)31(42-11-7-6-8-21(16-42)38-27(45)5-2)40-33(39-29)46-18-22-13-20(34)15-41(22)3/h1,5,9-10,14,20-23,44H,2,6-8,11-13,15-18H2,3H3,(H,38,45)/t20-,21?,22+,23+/m1/s1. The van der Waals surface area contributed by atoms with E-state index < -0.39 is 23.9 Å². The molecule has 3 aliphatic rings. The van der Waals surface area contributed by atoms with Crippen LogP contribution in [-0.4, -0.2) is 95.1 Å². The van der Waals surface area contributed by atoms with Crippen molar-refractivity contribution in [3.8, 4) is 18.4 Å². The number of fused-ring (bicyclic) bond motifs is 2. The summed E-state index contributed by atoms with van der Waals surface area (Å²) in [5.41, 5.74) is 0.681. The Kier molecular flexibility index (Phi) is 9.02. The number of rotatable bonds is 7. The molecule has 6 rings (SSSR count). The number of halogens is 3. The van der Waals surface area contributed by atoms with Crippen LogP contribution in [0.4, 0.5) is 30.5 Å². The summed E-state index contributed by atoms with van der Waals surface area (Å²) in [6.07, 6.45) is 9.37. The van der Waals surface area contributed by atoms with Crippen LogP contribution in [-0.2, 0) is 11.2 Å². The van der Waals surface area contributed by atoms with Gasteiger partial charge in [0.05, 0.1) is 29.3 Å². The number of amides is 1. The molecule has 0 radical (unpaired) electrons. The SMILES string of the molecule is C#Cc1c(F)ccc2c1N(c1ncc3c(N4CCCCC(NC(=O)C=C)C4)nc(OC[C@@H]4C[C@@H](F)CN4C)nc3c1F)C[C@@H](O)C2. The molecule has 13 heteroatoms. The normalized spacial score (nSPS) is 23.5. The zero-order valence-electron chi connectivity index (χ0n) is 25.6. The van der Waals surface area contributed by atoms with Gasteiger partial charge in [-0.25, -0.2) is 18.2 Å². The zero-order valence-corrected chi connectivity index (χ0v) is 25.6. The van der Waals surface area contributed by atoms with Crippen molar-refractivity contribution in [1.82, 2.24) is 25.2 Å². The highest BCUT2D eigenvalue weighted by molar-refractivity contribution is 5.92. The summed E-state index contributed by atoms with van der Waals surface area (Å²) in [6.45, 7) is 4.81. The molecule has 3 aliphatic heterocycles. The molecule has 0 aliphatic carbocycles. The lowest BCUT2D eigenvalue weighted by Crippen LogP contribution is -2.42. The van der Waals surface area contributed by atoms with E-state index in [1.165, 1.54) is 29.3 Å². The van der Waals surface area contributed by atoms with E-state index in [4.69, 9.17) is 11.2 Å². The highest BCUT2D eigenvalue weighted by Gasteiger charge is 2.33. The maximum absolute atomic E-state index is 16.7. The van der Waals surface area contributed by atoms with E-state index in [1.54, 1.807) is 0 Å². The summed E-state index contributed by atoms with van der Waals surface area (Å²) >= 11 is 0. The third-order valence-corrected chi connectivity index (χ3v) is 8.90. The van der Waals surface area contributed by atoms with Gasteiger partial charge < -0.3 is 25.0 Å². The Morgan fingerprint density at radius 1 is 1.24 bits per heavy atom. The second-order valence-corrected chi connectivity index (χ2v) is 12.1. The van der Waals surface area contributed by atoms with Crippen LogP contribution < -0.4 is 19.9 Å². The van der Waals surface area contributed by atoms with Crippen molar-refractivity contribution in [1.29, 1.82) is 0 Å². The number of nitrogens with one attached hydrogen (secondary N) is 1. The number of aliphatic hydroxyl groups excluding tert-OH is 1. The number of benzene rings is 1. The molecule has 2 N–H and O–H groups in total. The smallest absolute Gasteiger partial charge is 0.319 e. The minimum absolute atomic E-state index is 0.0536. The fourth-order valence-electron chi connectivity index (χ4n) is 6.63. The van der Waals surface area contributed by atoms with Gasteiger partial charge in [0.2, 0.25) is 5.91 Å². The summed E-state index contributed by atoms with van der Waals surface area (Å²) in [5.74, 6) is 0.787. The first kappa shape index (κ1) is 31.6. The molecule has 2 saturated heterocycles. The lowest BCUT2D eigenvalue weighted by atomic mass is 9.95. The van der Waals surface area contributed by atoms with Gasteiger partial charge in [0.1, 0.15) is 29.9 Å². The third-order valence-electron chi connectivity index (χ3n) is 8.90. The summed E-state index contributed by atoms with van der Waals surface area (Å²) in [5, 5.41) is 13.9. The van der Waals surface area contributed by atoms with Gasteiger partial charge in [-0.3, -0.25) is 9.69 Å². The summed E-state index contributed by atoms with van der Waals surface area (Å²) < 4.78 is 51.6. The number of likely N-dealkylation sites (tertiary alicyclic amines) is 1. The van der Waals surface area contributed by atoms with Crippen LogP contribution in [0.25, 0.3) is 10.9 Å². The molecule has 2 fully saturated rings. The molecule has 3 aromatic rings. The van der Waals surface area contributed by atoms with Crippen molar-refractivity contribution in [2.75, 3.05) is 49.6 Å². The Hall–Kier alpha value is -4.41. The van der Waals surface area contributed by atoms with E-state index in [2.05, 4.69) is 32.8 Å². The first-order valence-corrected chi connectivity index (χ1v) is 15.4. The first-order valence-electron chi connectivity index (χ1n) is 15.4. The van der Waals surface area contributed by atoms with Crippen LogP contribution in [0.5, 0.6) is 6.01 Å². The number of β-amino-alcohol motifs (C(OH)–C–C–N with tert-alkyl or cyclic N) is 1. The quantitative estimate of drug-likeness (QED) is 0.299. The molecule has 242 valence electrons. The van der Waals surface area contributed by atoms with Crippen molar-refractivity contribution in [2.45, 2.75) is 56.5 Å². The molecule has 5 heterocycles. The van der Waals surface area contributed by atoms with Gasteiger partial charge in [0, 0.05) is 44.3 Å².